The first-order valence-corrected chi connectivity index (χ1v) is 12.0. The van der Waals surface area contributed by atoms with Gasteiger partial charge in [-0.05, 0) is 42.0 Å². The second kappa shape index (κ2) is 8.67. The Morgan fingerprint density at radius 2 is 1.68 bits per heavy atom. The Balaban J connectivity index is 1.40. The maximum Gasteiger partial charge on any atom is 0.135 e. The largest absolute Gasteiger partial charge is 0.358 e. The Bertz CT molecular complexity index is 1760. The van der Waals surface area contributed by atoms with Crippen LogP contribution in [0.2, 0.25) is 0 Å². The number of fused-ring (bicyclic) bond motifs is 2. The molecule has 0 radical (unpaired) electrons. The van der Waals surface area contributed by atoms with Gasteiger partial charge in [0.15, 0.2) is 0 Å². The molecule has 0 unspecified atom stereocenters. The van der Waals surface area contributed by atoms with E-state index < -0.39 is 0 Å². The molecule has 0 fully saturated rings. The van der Waals surface area contributed by atoms with Gasteiger partial charge in [0.2, 0.25) is 0 Å². The van der Waals surface area contributed by atoms with Gasteiger partial charge in [0, 0.05) is 52.4 Å². The molecule has 0 spiro atoms. The number of anilines is 1. The number of aromatic nitrogens is 7. The van der Waals surface area contributed by atoms with Crippen LogP contribution in [0.5, 0.6) is 0 Å². The topological polar surface area (TPSA) is 108 Å². The quantitative estimate of drug-likeness (QED) is 0.253. The molecule has 182 valence electrons. The second-order valence-corrected chi connectivity index (χ2v) is 10.0. The monoisotopic (exact) mass is 486 g/mol. The minimum atomic E-state index is -0.0643. The fourth-order valence-electron chi connectivity index (χ4n) is 4.20. The van der Waals surface area contributed by atoms with Crippen LogP contribution in [-0.2, 0) is 0 Å². The van der Waals surface area contributed by atoms with Crippen molar-refractivity contribution < 1.29 is 0 Å². The van der Waals surface area contributed by atoms with Gasteiger partial charge in [-0.15, -0.1) is 0 Å². The van der Waals surface area contributed by atoms with Gasteiger partial charge in [-0.1, -0.05) is 27.4 Å². The smallest absolute Gasteiger partial charge is 0.135 e. The number of nitrogens with zero attached hydrogens (tertiary/aromatic N) is 5. The number of pyridine rings is 4. The number of hydrogen-bond acceptors (Lipinski definition) is 6. The molecule has 3 N–H and O–H groups in total. The number of nitrogens with one attached hydrogen (secondary N) is 3. The van der Waals surface area contributed by atoms with Crippen molar-refractivity contribution in [1.29, 1.82) is 0 Å². The Hall–Kier alpha value is -4.85. The van der Waals surface area contributed by atoms with E-state index >= 15 is 0 Å². The van der Waals surface area contributed by atoms with E-state index in [4.69, 9.17) is 4.98 Å². The average Bonchev–Trinajstić information content (AvgIpc) is 3.52. The van der Waals surface area contributed by atoms with Crippen LogP contribution in [0.3, 0.4) is 0 Å². The van der Waals surface area contributed by atoms with E-state index in [0.29, 0.717) is 0 Å². The van der Waals surface area contributed by atoms with Gasteiger partial charge in [-0.25, -0.2) is 4.98 Å². The summed E-state index contributed by atoms with van der Waals surface area (Å²) in [5.74, 6) is 0. The normalized spacial score (nSPS) is 11.8. The van der Waals surface area contributed by atoms with Crippen molar-refractivity contribution in [3.8, 4) is 33.8 Å². The molecule has 0 aliphatic rings. The molecule has 0 atom stereocenters. The van der Waals surface area contributed by atoms with Crippen LogP contribution >= 0.6 is 0 Å². The highest BCUT2D eigenvalue weighted by Crippen LogP contribution is 2.34. The van der Waals surface area contributed by atoms with E-state index in [9.17, 15) is 0 Å². The first-order chi connectivity index (χ1) is 17.9. The molecule has 37 heavy (non-hydrogen) atoms. The first-order valence-electron chi connectivity index (χ1n) is 12.0. The lowest BCUT2D eigenvalue weighted by molar-refractivity contribution is 0.509. The van der Waals surface area contributed by atoms with E-state index in [0.717, 1.165) is 67.1 Å². The lowest BCUT2D eigenvalue weighted by Crippen LogP contribution is -2.15. The molecule has 0 saturated heterocycles. The lowest BCUT2D eigenvalue weighted by atomic mass is 9.93. The average molecular weight is 487 g/mol. The highest BCUT2D eigenvalue weighted by atomic mass is 15.1. The van der Waals surface area contributed by atoms with Crippen LogP contribution in [0.1, 0.15) is 20.8 Å². The predicted molar refractivity (Wildman–Crippen MR) is 148 cm³/mol. The molecule has 6 rings (SSSR count). The van der Waals surface area contributed by atoms with E-state index in [1.807, 2.05) is 48.9 Å². The summed E-state index contributed by atoms with van der Waals surface area (Å²) in [4.78, 5) is 21.4. The van der Waals surface area contributed by atoms with Gasteiger partial charge in [0.25, 0.3) is 0 Å². The van der Waals surface area contributed by atoms with Gasteiger partial charge < -0.3 is 10.3 Å². The van der Waals surface area contributed by atoms with Gasteiger partial charge >= 0.3 is 0 Å². The van der Waals surface area contributed by atoms with Crippen LogP contribution in [0.15, 0.2) is 85.9 Å². The van der Waals surface area contributed by atoms with Crippen molar-refractivity contribution in [3.63, 3.8) is 0 Å². The maximum absolute atomic E-state index is 4.97. The van der Waals surface area contributed by atoms with Crippen molar-refractivity contribution in [1.82, 2.24) is 35.1 Å². The zero-order valence-corrected chi connectivity index (χ0v) is 20.9. The third-order valence-electron chi connectivity index (χ3n) is 6.43. The van der Waals surface area contributed by atoms with Gasteiger partial charge in [0.05, 0.1) is 40.5 Å². The molecular weight excluding hydrogens is 460 g/mol. The molecule has 6 heterocycles. The number of rotatable bonds is 5. The summed E-state index contributed by atoms with van der Waals surface area (Å²) in [6, 6.07) is 12.1. The molecular formula is C29H26N8. The molecule has 8 nitrogen and oxygen atoms in total. The van der Waals surface area contributed by atoms with Crippen LogP contribution in [0.4, 0.5) is 5.69 Å². The first kappa shape index (κ1) is 22.6. The third-order valence-corrected chi connectivity index (χ3v) is 6.43. The highest BCUT2D eigenvalue weighted by molar-refractivity contribution is 5.99. The molecule has 0 amide bonds. The number of aromatic amines is 2. The minimum Gasteiger partial charge on any atom is -0.358 e. The number of H-pyrrole nitrogens is 2. The van der Waals surface area contributed by atoms with Crippen LogP contribution in [0, 0.1) is 5.41 Å². The minimum absolute atomic E-state index is 0.0643. The molecule has 0 aromatic carbocycles. The molecule has 6 aromatic rings. The van der Waals surface area contributed by atoms with E-state index in [2.05, 4.69) is 68.9 Å². The van der Waals surface area contributed by atoms with Gasteiger partial charge in [-0.3, -0.25) is 20.1 Å². The van der Waals surface area contributed by atoms with E-state index in [1.54, 1.807) is 18.6 Å². The predicted octanol–water partition coefficient (Wildman–Crippen LogP) is 6.60. The van der Waals surface area contributed by atoms with E-state index in [1.165, 1.54) is 0 Å². The summed E-state index contributed by atoms with van der Waals surface area (Å²) in [5.41, 5.74) is 9.71. The number of hydrogen-bond donors (Lipinski definition) is 3. The van der Waals surface area contributed by atoms with Crippen LogP contribution in [-0.4, -0.2) is 35.1 Å². The maximum atomic E-state index is 4.97. The van der Waals surface area contributed by atoms with Crippen molar-refractivity contribution >= 4 is 27.6 Å². The highest BCUT2D eigenvalue weighted by Gasteiger charge is 2.17. The van der Waals surface area contributed by atoms with Crippen molar-refractivity contribution in [2.24, 2.45) is 5.41 Å². The van der Waals surface area contributed by atoms with Gasteiger partial charge in [0.1, 0.15) is 11.2 Å². The molecule has 0 aliphatic carbocycles. The van der Waals surface area contributed by atoms with Crippen molar-refractivity contribution in [2.45, 2.75) is 20.8 Å². The van der Waals surface area contributed by atoms with Crippen molar-refractivity contribution in [3.05, 3.63) is 85.9 Å². The van der Waals surface area contributed by atoms with E-state index in [-0.39, 0.29) is 5.41 Å². The summed E-state index contributed by atoms with van der Waals surface area (Å²) in [6.07, 6.45) is 10.9. The zero-order valence-electron chi connectivity index (χ0n) is 20.9. The summed E-state index contributed by atoms with van der Waals surface area (Å²) in [7, 11) is 0. The molecule has 0 saturated carbocycles. The lowest BCUT2D eigenvalue weighted by Gasteiger charge is -2.23. The molecule has 0 bridgehead atoms. The van der Waals surface area contributed by atoms with Crippen LogP contribution < -0.4 is 5.32 Å². The van der Waals surface area contributed by atoms with Gasteiger partial charge in [-0.2, -0.15) is 5.10 Å². The molecule has 6 aromatic heterocycles. The summed E-state index contributed by atoms with van der Waals surface area (Å²) >= 11 is 0. The summed E-state index contributed by atoms with van der Waals surface area (Å²) in [5, 5.41) is 12.1. The molecule has 0 aliphatic heterocycles. The molecule has 8 heteroatoms. The standard InChI is InChI=1S/C29H26N8/c1-17(29(2,3)4)33-20-11-19(13-31-14-20)23-5-6-24-27(35-23)28(37-36-24)25-12-21-22(15-32-16-26(21)34-25)18-7-9-30-10-8-18/h5-16,33-34H,1H2,2-4H3,(H,36,37). The Morgan fingerprint density at radius 3 is 2.49 bits per heavy atom. The second-order valence-electron chi connectivity index (χ2n) is 10.0. The fraction of sp³-hybridized carbons (Fsp3) is 0.138. The fourth-order valence-corrected chi connectivity index (χ4v) is 4.20. The number of allylic oxidation sites excluding steroid dienone is 1. The van der Waals surface area contributed by atoms with Crippen molar-refractivity contribution in [2.75, 3.05) is 5.32 Å². The SMILES string of the molecule is C=C(Nc1cncc(-c2ccc3[nH]nc(-c4cc5c(-c6ccncc6)cncc5[nH]4)c3n2)c1)C(C)(C)C. The van der Waals surface area contributed by atoms with Crippen LogP contribution in [0.25, 0.3) is 55.7 Å². The zero-order chi connectivity index (χ0) is 25.6. The Kier molecular flexibility index (Phi) is 5.30. The summed E-state index contributed by atoms with van der Waals surface area (Å²) < 4.78 is 0. The third kappa shape index (κ3) is 4.23. The Labute approximate surface area is 214 Å². The Morgan fingerprint density at radius 1 is 0.865 bits per heavy atom. The summed E-state index contributed by atoms with van der Waals surface area (Å²) in [6.45, 7) is 10.5.